The molecular weight excluding hydrogens is 822 g/mol. The van der Waals surface area contributed by atoms with Gasteiger partial charge in [0.15, 0.2) is 23.8 Å². The monoisotopic (exact) mass is 853 g/mol. The van der Waals surface area contributed by atoms with Crippen molar-refractivity contribution in [2.75, 3.05) is 0 Å². The van der Waals surface area contributed by atoms with Crippen LogP contribution in [0.1, 0.15) is 34.8 Å². The highest BCUT2D eigenvalue weighted by Gasteiger charge is 2.31. The minimum Gasteiger partial charge on any atom is -0.321 e. The van der Waals surface area contributed by atoms with Crippen molar-refractivity contribution in [3.8, 4) is 33.9 Å². The largest absolute Gasteiger partial charge is 0.701 e. The molecule has 0 saturated carbocycles. The summed E-state index contributed by atoms with van der Waals surface area (Å²) in [6.07, 6.45) is -2.44. The molecule has 22 heteroatoms. The number of nitrogens with zero attached hydrogens (tertiary/aromatic N) is 4. The Bertz CT molecular complexity index is 2540. The highest BCUT2D eigenvalue weighted by Crippen LogP contribution is 2.29. The zero-order valence-electron chi connectivity index (χ0n) is 30.2. The molecule has 6 rings (SSSR count). The van der Waals surface area contributed by atoms with Crippen LogP contribution < -0.4 is 20.9 Å². The fraction of sp³-hybridized carbons (Fsp3) is 0.111. The van der Waals surface area contributed by atoms with Gasteiger partial charge in [-0.25, -0.2) is 45.3 Å². The molecule has 0 aliphatic heterocycles. The van der Waals surface area contributed by atoms with Crippen LogP contribution in [0, 0.1) is 11.6 Å². The number of amides is 2. The number of nitrogens with one attached hydrogen (secondary N) is 2. The number of nitrogens with two attached hydrogens (primary N) is 2. The zero-order valence-corrected chi connectivity index (χ0v) is 32.7. The van der Waals surface area contributed by atoms with E-state index in [4.69, 9.17) is 19.3 Å². The molecule has 2 heterocycles. The first kappa shape index (κ1) is 41.6. The average molecular weight is 854 g/mol. The van der Waals surface area contributed by atoms with Crippen LogP contribution in [0.5, 0.6) is 0 Å². The second-order valence-corrected chi connectivity index (χ2v) is 16.4. The van der Waals surface area contributed by atoms with Crippen LogP contribution >= 0.6 is 8.25 Å². The van der Waals surface area contributed by atoms with Crippen LogP contribution in [0.2, 0.25) is 0 Å². The molecule has 0 aliphatic rings. The number of benzene rings is 4. The second-order valence-electron chi connectivity index (χ2n) is 12.4. The zero-order chi connectivity index (χ0) is 41.9. The molecule has 4 aromatic carbocycles. The summed E-state index contributed by atoms with van der Waals surface area (Å²) in [5.41, 5.74) is 2.05. The first-order valence-corrected chi connectivity index (χ1v) is 21.0. The predicted octanol–water partition coefficient (Wildman–Crippen LogP) is 4.51. The molecule has 0 radical (unpaired) electrons. The lowest BCUT2D eigenvalue weighted by Crippen LogP contribution is -2.35. The van der Waals surface area contributed by atoms with Crippen LogP contribution in [0.15, 0.2) is 119 Å². The van der Waals surface area contributed by atoms with E-state index in [1.165, 1.54) is 132 Å². The van der Waals surface area contributed by atoms with Crippen LogP contribution in [-0.4, -0.2) is 60.7 Å². The first-order chi connectivity index (χ1) is 27.3. The number of hydrogen-bond acceptors (Lipinski definition) is 11. The molecule has 17 nitrogen and oxygen atoms in total. The summed E-state index contributed by atoms with van der Waals surface area (Å²) >= 11 is 0. The van der Waals surface area contributed by atoms with Gasteiger partial charge in [0.05, 0.1) is 32.6 Å². The number of hydrogen-bond donors (Lipinski definition) is 4. The van der Waals surface area contributed by atoms with Gasteiger partial charge in [-0.1, -0.05) is 9.05 Å². The molecular formula is C36H32F2N8O9PS2+. The van der Waals surface area contributed by atoms with Crippen LogP contribution in [0.3, 0.4) is 0 Å². The fourth-order valence-corrected chi connectivity index (χ4v) is 7.14. The SMILES string of the molecule is CC(NC(=O)c1cc(-c2ccc(F)cc2)n(-c2ccc(S(N)(=O)=O)cc2)n1)O[P+](=O)OC(C)NC(=O)c1cc(-c2ccc(F)cc2)n(-c2ccc(S(N)(=O)=O)cc2)n1. The molecule has 300 valence electrons. The van der Waals surface area contributed by atoms with Crippen molar-refractivity contribution in [1.29, 1.82) is 0 Å². The maximum absolute atomic E-state index is 13.7. The highest BCUT2D eigenvalue weighted by atomic mass is 32.2. The summed E-state index contributed by atoms with van der Waals surface area (Å²) < 4.78 is 101. The quantitative estimate of drug-likeness (QED) is 0.0877. The predicted molar refractivity (Wildman–Crippen MR) is 204 cm³/mol. The van der Waals surface area contributed by atoms with Gasteiger partial charge in [-0.05, 0) is 123 Å². The summed E-state index contributed by atoms with van der Waals surface area (Å²) in [6, 6.07) is 24.2. The Balaban J connectivity index is 1.12. The number of carbonyl (C=O) groups excluding carboxylic acids is 2. The number of sulfonamides is 2. The lowest BCUT2D eigenvalue weighted by molar-refractivity contribution is 0.0750. The van der Waals surface area contributed by atoms with Crippen molar-refractivity contribution in [2.45, 2.75) is 36.1 Å². The van der Waals surface area contributed by atoms with Crippen molar-refractivity contribution in [1.82, 2.24) is 30.2 Å². The van der Waals surface area contributed by atoms with E-state index in [-0.39, 0.29) is 21.2 Å². The second kappa shape index (κ2) is 16.8. The van der Waals surface area contributed by atoms with E-state index in [1.54, 1.807) is 0 Å². The first-order valence-electron chi connectivity index (χ1n) is 16.8. The van der Waals surface area contributed by atoms with Crippen LogP contribution in [-0.2, 0) is 33.7 Å². The molecule has 0 fully saturated rings. The molecule has 6 N–H and O–H groups in total. The number of aromatic nitrogens is 4. The summed E-state index contributed by atoms with van der Waals surface area (Å²) in [6.45, 7) is 2.72. The van der Waals surface area contributed by atoms with Crippen molar-refractivity contribution in [3.05, 3.63) is 132 Å². The minimum absolute atomic E-state index is 0.137. The highest BCUT2D eigenvalue weighted by molar-refractivity contribution is 7.89. The Hall–Kier alpha value is -6.06. The summed E-state index contributed by atoms with van der Waals surface area (Å²) in [7, 11) is -10.9. The molecule has 6 aromatic rings. The third-order valence-corrected chi connectivity index (χ3v) is 11.0. The van der Waals surface area contributed by atoms with Crippen molar-refractivity contribution >= 4 is 40.1 Å². The topological polar surface area (TPSA) is 250 Å². The Morgan fingerprint density at radius 2 is 0.948 bits per heavy atom. The van der Waals surface area contributed by atoms with Gasteiger partial charge in [-0.3, -0.25) is 9.59 Å². The lowest BCUT2D eigenvalue weighted by atomic mass is 10.1. The van der Waals surface area contributed by atoms with E-state index in [2.05, 4.69) is 20.8 Å². The average Bonchev–Trinajstić information content (AvgIpc) is 3.81. The van der Waals surface area contributed by atoms with Gasteiger partial charge in [0, 0.05) is 15.7 Å². The van der Waals surface area contributed by atoms with Crippen molar-refractivity contribution in [3.63, 3.8) is 0 Å². The normalized spacial score (nSPS) is 13.1. The van der Waals surface area contributed by atoms with Crippen molar-refractivity contribution < 1.29 is 48.8 Å². The van der Waals surface area contributed by atoms with Gasteiger partial charge in [-0.15, -0.1) is 0 Å². The fourth-order valence-electron chi connectivity index (χ4n) is 5.44. The Morgan fingerprint density at radius 3 is 1.26 bits per heavy atom. The molecule has 2 amide bonds. The standard InChI is InChI=1S/C36H31F2N8O9PS2/c1-21(41-35(47)31-19-33(23-3-7-25(37)8-4-23)45(43-31)27-11-15-29(16-12-27)57(39,50)51)54-56(49)55-22(2)42-36(48)32-20-34(24-5-9-26(38)10-6-24)46(44-32)28-13-17-30(18-14-28)58(40,52)53/h3-22H,1-2H3,(H5-,39,40,41,42,47,48,50,51,52,53)/p+1. The van der Waals surface area contributed by atoms with E-state index in [0.29, 0.717) is 33.9 Å². The summed E-state index contributed by atoms with van der Waals surface area (Å²) in [5.74, 6) is -2.54. The summed E-state index contributed by atoms with van der Waals surface area (Å²) in [5, 5.41) is 24.1. The third kappa shape index (κ3) is 9.90. The van der Waals surface area contributed by atoms with Gasteiger partial charge in [0.1, 0.15) is 11.6 Å². The molecule has 2 unspecified atom stereocenters. The molecule has 58 heavy (non-hydrogen) atoms. The van der Waals surface area contributed by atoms with E-state index >= 15 is 0 Å². The van der Waals surface area contributed by atoms with Crippen LogP contribution in [0.4, 0.5) is 8.78 Å². The molecule has 2 atom stereocenters. The van der Waals surface area contributed by atoms with Gasteiger partial charge in [-0.2, -0.15) is 10.2 Å². The molecule has 0 aliphatic carbocycles. The minimum atomic E-state index is -3.99. The Morgan fingerprint density at radius 1 is 0.621 bits per heavy atom. The number of carbonyl (C=O) groups is 2. The number of rotatable bonds is 14. The Kier molecular flexibility index (Phi) is 12.0. The summed E-state index contributed by atoms with van der Waals surface area (Å²) in [4.78, 5) is 26.2. The maximum Gasteiger partial charge on any atom is 0.701 e. The van der Waals surface area contributed by atoms with Gasteiger partial charge < -0.3 is 10.6 Å². The van der Waals surface area contributed by atoms with Crippen molar-refractivity contribution in [2.24, 2.45) is 10.3 Å². The molecule has 2 aromatic heterocycles. The van der Waals surface area contributed by atoms with Gasteiger partial charge in [0.25, 0.3) is 11.8 Å². The van der Waals surface area contributed by atoms with E-state index < -0.39 is 64.2 Å². The molecule has 0 saturated heterocycles. The Labute approximate surface area is 330 Å². The molecule has 0 bridgehead atoms. The van der Waals surface area contributed by atoms with E-state index in [0.717, 1.165) is 0 Å². The third-order valence-electron chi connectivity index (χ3n) is 8.14. The lowest BCUT2D eigenvalue weighted by Gasteiger charge is -2.09. The maximum atomic E-state index is 13.7. The smallest absolute Gasteiger partial charge is 0.321 e. The van der Waals surface area contributed by atoms with Crippen LogP contribution in [0.25, 0.3) is 33.9 Å². The van der Waals surface area contributed by atoms with Gasteiger partial charge in [0.2, 0.25) is 20.0 Å². The van der Waals surface area contributed by atoms with E-state index in [1.807, 2.05) is 0 Å². The number of halogens is 2. The number of primary sulfonamides is 2. The molecule has 0 spiro atoms. The van der Waals surface area contributed by atoms with E-state index in [9.17, 15) is 39.8 Å². The van der Waals surface area contributed by atoms with Gasteiger partial charge >= 0.3 is 8.25 Å².